The molecule has 0 radical (unpaired) electrons. The van der Waals surface area contributed by atoms with Crippen molar-refractivity contribution in [2.24, 2.45) is 0 Å². The normalized spacial score (nSPS) is 16.6. The molecule has 0 aromatic carbocycles. The molecular weight excluding hydrogens is 236 g/mol. The topological polar surface area (TPSA) is 33.1 Å². The largest absolute Gasteiger partial charge is 0.307 e. The molecule has 0 saturated carbocycles. The highest BCUT2D eigenvalue weighted by Crippen LogP contribution is 2.32. The minimum atomic E-state index is 0.0854. The first-order chi connectivity index (χ1) is 9.01. The molecule has 1 aromatic rings. The van der Waals surface area contributed by atoms with Gasteiger partial charge in [-0.3, -0.25) is 4.68 Å². The summed E-state index contributed by atoms with van der Waals surface area (Å²) in [6.07, 6.45) is 4.14. The van der Waals surface area contributed by atoms with Crippen LogP contribution in [0.1, 0.15) is 52.3 Å². The van der Waals surface area contributed by atoms with Crippen molar-refractivity contribution in [3.05, 3.63) is 18.0 Å². The van der Waals surface area contributed by atoms with Crippen molar-refractivity contribution in [2.75, 3.05) is 20.6 Å². The van der Waals surface area contributed by atoms with Crippen molar-refractivity contribution < 1.29 is 0 Å². The van der Waals surface area contributed by atoms with E-state index < -0.39 is 0 Å². The molecule has 110 valence electrons. The molecule has 2 atom stereocenters. The zero-order chi connectivity index (χ0) is 14.5. The van der Waals surface area contributed by atoms with Crippen LogP contribution in [0.5, 0.6) is 0 Å². The second kappa shape index (κ2) is 7.06. The van der Waals surface area contributed by atoms with Gasteiger partial charge in [0.05, 0.1) is 11.7 Å². The first-order valence-electron chi connectivity index (χ1n) is 7.43. The predicted octanol–water partition coefficient (Wildman–Crippen LogP) is 2.67. The molecule has 0 bridgehead atoms. The summed E-state index contributed by atoms with van der Waals surface area (Å²) in [4.78, 5) is 2.33. The maximum atomic E-state index is 4.43. The van der Waals surface area contributed by atoms with E-state index in [1.54, 1.807) is 0 Å². The third-order valence-electron chi connectivity index (χ3n) is 4.30. The van der Waals surface area contributed by atoms with Crippen molar-refractivity contribution >= 4 is 0 Å². The molecule has 1 N–H and O–H groups in total. The molecule has 0 aliphatic heterocycles. The van der Waals surface area contributed by atoms with Gasteiger partial charge < -0.3 is 10.2 Å². The summed E-state index contributed by atoms with van der Waals surface area (Å²) in [5.74, 6) is 0. The Kier molecular flexibility index (Phi) is 6.01. The predicted molar refractivity (Wildman–Crippen MR) is 81.3 cm³/mol. The number of aromatic nitrogens is 2. The minimum absolute atomic E-state index is 0.0854. The Hall–Kier alpha value is -0.870. The smallest absolute Gasteiger partial charge is 0.0675 e. The van der Waals surface area contributed by atoms with Crippen LogP contribution in [0.3, 0.4) is 0 Å². The SMILES string of the molecule is CCCNC(c1ccnn1CC)C(C)(CC)N(C)C. The number of aryl methyl sites for hydroxylation is 1. The Bertz CT molecular complexity index is 372. The van der Waals surface area contributed by atoms with E-state index >= 15 is 0 Å². The van der Waals surface area contributed by atoms with Gasteiger partial charge in [-0.1, -0.05) is 13.8 Å². The summed E-state index contributed by atoms with van der Waals surface area (Å²) in [6.45, 7) is 10.9. The second-order valence-corrected chi connectivity index (χ2v) is 5.56. The van der Waals surface area contributed by atoms with Gasteiger partial charge in [0.15, 0.2) is 0 Å². The summed E-state index contributed by atoms with van der Waals surface area (Å²) in [5, 5.41) is 8.15. The molecule has 0 amide bonds. The van der Waals surface area contributed by atoms with Crippen LogP contribution >= 0.6 is 0 Å². The quantitative estimate of drug-likeness (QED) is 0.785. The zero-order valence-corrected chi connectivity index (χ0v) is 13.4. The fraction of sp³-hybridized carbons (Fsp3) is 0.800. The van der Waals surface area contributed by atoms with Gasteiger partial charge in [-0.05, 0) is 53.4 Å². The highest BCUT2D eigenvalue weighted by molar-refractivity contribution is 5.14. The number of hydrogen-bond acceptors (Lipinski definition) is 3. The lowest BCUT2D eigenvalue weighted by Gasteiger charge is -2.43. The van der Waals surface area contributed by atoms with E-state index in [-0.39, 0.29) is 5.54 Å². The summed E-state index contributed by atoms with van der Waals surface area (Å²) < 4.78 is 2.10. The molecule has 1 aromatic heterocycles. The fourth-order valence-electron chi connectivity index (χ4n) is 2.56. The van der Waals surface area contributed by atoms with Gasteiger partial charge in [0.2, 0.25) is 0 Å². The molecule has 4 nitrogen and oxygen atoms in total. The molecule has 0 fully saturated rings. The first kappa shape index (κ1) is 16.2. The van der Waals surface area contributed by atoms with E-state index in [2.05, 4.69) is 67.9 Å². The van der Waals surface area contributed by atoms with E-state index in [9.17, 15) is 0 Å². The number of nitrogens with one attached hydrogen (secondary N) is 1. The fourth-order valence-corrected chi connectivity index (χ4v) is 2.56. The van der Waals surface area contributed by atoms with Crippen LogP contribution in [0, 0.1) is 0 Å². The lowest BCUT2D eigenvalue weighted by atomic mass is 9.85. The zero-order valence-electron chi connectivity index (χ0n) is 13.4. The Balaban J connectivity index is 3.13. The van der Waals surface area contributed by atoms with Gasteiger partial charge in [-0.15, -0.1) is 0 Å². The van der Waals surface area contributed by atoms with E-state index in [4.69, 9.17) is 0 Å². The Morgan fingerprint density at radius 1 is 1.37 bits per heavy atom. The maximum Gasteiger partial charge on any atom is 0.0675 e. The highest BCUT2D eigenvalue weighted by atomic mass is 15.3. The van der Waals surface area contributed by atoms with Crippen LogP contribution in [-0.2, 0) is 6.54 Å². The van der Waals surface area contributed by atoms with Crippen molar-refractivity contribution in [1.82, 2.24) is 20.0 Å². The molecule has 19 heavy (non-hydrogen) atoms. The molecule has 4 heteroatoms. The molecule has 0 saturated heterocycles. The third kappa shape index (κ3) is 3.37. The van der Waals surface area contributed by atoms with Crippen molar-refractivity contribution in [2.45, 2.75) is 58.7 Å². The molecule has 1 rings (SSSR count). The minimum Gasteiger partial charge on any atom is -0.307 e. The number of rotatable bonds is 8. The van der Waals surface area contributed by atoms with Gasteiger partial charge in [0.1, 0.15) is 0 Å². The second-order valence-electron chi connectivity index (χ2n) is 5.56. The van der Waals surface area contributed by atoms with Crippen LogP contribution in [0.2, 0.25) is 0 Å². The molecule has 0 aliphatic rings. The first-order valence-corrected chi connectivity index (χ1v) is 7.43. The molecule has 0 spiro atoms. The van der Waals surface area contributed by atoms with Crippen molar-refractivity contribution in [1.29, 1.82) is 0 Å². The summed E-state index contributed by atoms with van der Waals surface area (Å²) in [6, 6.07) is 2.45. The van der Waals surface area contributed by atoms with Crippen LogP contribution in [0.15, 0.2) is 12.3 Å². The summed E-state index contributed by atoms with van der Waals surface area (Å²) >= 11 is 0. The van der Waals surface area contributed by atoms with Gasteiger partial charge in [0.25, 0.3) is 0 Å². The molecule has 2 unspecified atom stereocenters. The van der Waals surface area contributed by atoms with E-state index in [1.165, 1.54) is 5.69 Å². The number of likely N-dealkylation sites (N-methyl/N-ethyl adjacent to an activating group) is 1. The number of nitrogens with zero attached hydrogens (tertiary/aromatic N) is 3. The van der Waals surface area contributed by atoms with Crippen LogP contribution in [0.25, 0.3) is 0 Å². The van der Waals surface area contributed by atoms with Crippen molar-refractivity contribution in [3.63, 3.8) is 0 Å². The van der Waals surface area contributed by atoms with Gasteiger partial charge in [-0.25, -0.2) is 0 Å². The maximum absolute atomic E-state index is 4.43. The average molecular weight is 266 g/mol. The van der Waals surface area contributed by atoms with Crippen LogP contribution < -0.4 is 5.32 Å². The Labute approximate surface area is 118 Å². The van der Waals surface area contributed by atoms with Crippen molar-refractivity contribution in [3.8, 4) is 0 Å². The molecule has 1 heterocycles. The standard InChI is InChI=1S/C15H30N4/c1-7-11-16-14(15(4,8-2)18(5)6)13-10-12-17-19(13)9-3/h10,12,14,16H,7-9,11H2,1-6H3. The van der Waals surface area contributed by atoms with Gasteiger partial charge in [-0.2, -0.15) is 5.10 Å². The third-order valence-corrected chi connectivity index (χ3v) is 4.30. The van der Waals surface area contributed by atoms with Crippen LogP contribution in [0.4, 0.5) is 0 Å². The Morgan fingerprint density at radius 3 is 2.53 bits per heavy atom. The molecular formula is C15H30N4. The summed E-state index contributed by atoms with van der Waals surface area (Å²) in [7, 11) is 4.33. The van der Waals surface area contributed by atoms with E-state index in [0.717, 1.165) is 25.9 Å². The van der Waals surface area contributed by atoms with E-state index in [0.29, 0.717) is 6.04 Å². The van der Waals surface area contributed by atoms with Gasteiger partial charge >= 0.3 is 0 Å². The number of hydrogen-bond donors (Lipinski definition) is 1. The summed E-state index contributed by atoms with van der Waals surface area (Å²) in [5.41, 5.74) is 1.37. The highest BCUT2D eigenvalue weighted by Gasteiger charge is 2.37. The van der Waals surface area contributed by atoms with Gasteiger partial charge in [0, 0.05) is 18.3 Å². The monoisotopic (exact) mass is 266 g/mol. The average Bonchev–Trinajstić information content (AvgIpc) is 2.86. The lowest BCUT2D eigenvalue weighted by Crippen LogP contribution is -2.52. The lowest BCUT2D eigenvalue weighted by molar-refractivity contribution is 0.108. The Morgan fingerprint density at radius 2 is 2.05 bits per heavy atom. The molecule has 0 aliphatic carbocycles. The van der Waals surface area contributed by atoms with E-state index in [1.807, 2.05) is 6.20 Å². The van der Waals surface area contributed by atoms with Crippen LogP contribution in [-0.4, -0.2) is 40.9 Å².